The molecule has 0 saturated carbocycles. The number of hydrogen-bond acceptors (Lipinski definition) is 3. The topological polar surface area (TPSA) is 41.6 Å². The Hall–Kier alpha value is -1.55. The molecular formula is C18H28N2O2. The highest BCUT2D eigenvalue weighted by molar-refractivity contribution is 5.79. The second-order valence-electron chi connectivity index (χ2n) is 6.22. The van der Waals surface area contributed by atoms with E-state index in [9.17, 15) is 4.79 Å². The number of carbonyl (C=O) groups is 1. The smallest absolute Gasteiger partial charge is 0.223 e. The molecule has 0 aliphatic carbocycles. The van der Waals surface area contributed by atoms with Crippen LogP contribution in [0.3, 0.4) is 0 Å². The number of rotatable bonds is 6. The zero-order chi connectivity index (χ0) is 15.9. The molecule has 1 fully saturated rings. The monoisotopic (exact) mass is 304 g/mol. The second kappa shape index (κ2) is 8.18. The minimum absolute atomic E-state index is 0.176. The number of benzene rings is 1. The maximum atomic E-state index is 12.2. The third kappa shape index (κ3) is 4.73. The summed E-state index contributed by atoms with van der Waals surface area (Å²) in [5.74, 6) is 1.31. The Kier molecular flexibility index (Phi) is 6.25. The van der Waals surface area contributed by atoms with E-state index >= 15 is 0 Å². The van der Waals surface area contributed by atoms with Crippen LogP contribution in [0.15, 0.2) is 24.3 Å². The van der Waals surface area contributed by atoms with E-state index in [0.29, 0.717) is 0 Å². The van der Waals surface area contributed by atoms with Gasteiger partial charge >= 0.3 is 0 Å². The molecule has 1 atom stereocenters. The van der Waals surface area contributed by atoms with Gasteiger partial charge in [0.2, 0.25) is 5.91 Å². The molecule has 1 aromatic rings. The first-order valence-electron chi connectivity index (χ1n) is 8.28. The molecule has 122 valence electrons. The van der Waals surface area contributed by atoms with Crippen LogP contribution in [0.4, 0.5) is 0 Å². The average molecular weight is 304 g/mol. The summed E-state index contributed by atoms with van der Waals surface area (Å²) in [6.45, 7) is 7.06. The molecule has 1 aliphatic rings. The molecule has 1 heterocycles. The van der Waals surface area contributed by atoms with Crippen molar-refractivity contribution in [2.24, 2.45) is 5.92 Å². The van der Waals surface area contributed by atoms with Gasteiger partial charge in [0, 0.05) is 18.5 Å². The Morgan fingerprint density at radius 3 is 2.77 bits per heavy atom. The van der Waals surface area contributed by atoms with Crippen LogP contribution in [0.2, 0.25) is 0 Å². The van der Waals surface area contributed by atoms with Gasteiger partial charge < -0.3 is 10.1 Å². The number of carbonyl (C=O) groups excluding carboxylic acids is 1. The van der Waals surface area contributed by atoms with Crippen LogP contribution in [0.5, 0.6) is 5.75 Å². The van der Waals surface area contributed by atoms with E-state index in [4.69, 9.17) is 4.74 Å². The highest BCUT2D eigenvalue weighted by Crippen LogP contribution is 2.21. The molecule has 1 amide bonds. The van der Waals surface area contributed by atoms with Crippen molar-refractivity contribution in [1.29, 1.82) is 0 Å². The Morgan fingerprint density at radius 2 is 2.14 bits per heavy atom. The van der Waals surface area contributed by atoms with Crippen molar-refractivity contribution in [3.63, 3.8) is 0 Å². The van der Waals surface area contributed by atoms with E-state index in [2.05, 4.69) is 36.2 Å². The maximum Gasteiger partial charge on any atom is 0.223 e. The molecule has 4 nitrogen and oxygen atoms in total. The van der Waals surface area contributed by atoms with Crippen LogP contribution in [0.1, 0.15) is 38.7 Å². The molecular weight excluding hydrogens is 276 g/mol. The zero-order valence-corrected chi connectivity index (χ0v) is 14.0. The van der Waals surface area contributed by atoms with Gasteiger partial charge in [-0.05, 0) is 57.0 Å². The summed E-state index contributed by atoms with van der Waals surface area (Å²) in [6, 6.07) is 8.49. The Balaban J connectivity index is 1.80. The maximum absolute atomic E-state index is 12.2. The predicted octanol–water partition coefficient (Wildman–Crippen LogP) is 2.82. The third-order valence-electron chi connectivity index (χ3n) is 4.50. The van der Waals surface area contributed by atoms with E-state index in [0.717, 1.165) is 44.6 Å². The number of piperidine rings is 1. The fraction of sp³-hybridized carbons (Fsp3) is 0.611. The number of nitrogens with zero attached hydrogens (tertiary/aromatic N) is 1. The standard InChI is InChI=1S/C18H28N2O2/c1-4-14(2)19-18(21)16-8-10-20(11-9-16)13-15-6-5-7-17(12-15)22-3/h5-7,12,14,16H,4,8-11,13H2,1-3H3,(H,19,21)/t14-/m1/s1. The molecule has 0 radical (unpaired) electrons. The van der Waals surface area contributed by atoms with E-state index in [1.165, 1.54) is 5.56 Å². The summed E-state index contributed by atoms with van der Waals surface area (Å²) in [7, 11) is 1.69. The Labute approximate surface area is 133 Å². The van der Waals surface area contributed by atoms with Crippen molar-refractivity contribution in [2.45, 2.75) is 45.7 Å². The van der Waals surface area contributed by atoms with Crippen molar-refractivity contribution in [3.05, 3.63) is 29.8 Å². The summed E-state index contributed by atoms with van der Waals surface area (Å²) in [5, 5.41) is 3.10. The molecule has 0 spiro atoms. The SMILES string of the molecule is CC[C@@H](C)NC(=O)C1CCN(Cc2cccc(OC)c2)CC1. The summed E-state index contributed by atoms with van der Waals surface area (Å²) in [5.41, 5.74) is 1.27. The molecule has 0 aromatic heterocycles. The van der Waals surface area contributed by atoms with E-state index in [1.807, 2.05) is 12.1 Å². The minimum atomic E-state index is 0.176. The predicted molar refractivity (Wildman–Crippen MR) is 88.9 cm³/mol. The average Bonchev–Trinajstić information content (AvgIpc) is 2.55. The molecule has 1 saturated heterocycles. The van der Waals surface area contributed by atoms with E-state index in [-0.39, 0.29) is 17.9 Å². The molecule has 0 bridgehead atoms. The summed E-state index contributed by atoms with van der Waals surface area (Å²) >= 11 is 0. The Bertz CT molecular complexity index is 482. The van der Waals surface area contributed by atoms with Crippen LogP contribution in [0, 0.1) is 5.92 Å². The lowest BCUT2D eigenvalue weighted by Gasteiger charge is -2.31. The van der Waals surface area contributed by atoms with Crippen LogP contribution in [-0.4, -0.2) is 37.0 Å². The number of likely N-dealkylation sites (tertiary alicyclic amines) is 1. The molecule has 1 aromatic carbocycles. The number of amides is 1. The highest BCUT2D eigenvalue weighted by Gasteiger charge is 2.25. The van der Waals surface area contributed by atoms with Crippen molar-refractivity contribution in [2.75, 3.05) is 20.2 Å². The number of methoxy groups -OCH3 is 1. The van der Waals surface area contributed by atoms with Crippen LogP contribution in [-0.2, 0) is 11.3 Å². The third-order valence-corrected chi connectivity index (χ3v) is 4.50. The van der Waals surface area contributed by atoms with Gasteiger partial charge in [-0.3, -0.25) is 9.69 Å². The molecule has 2 rings (SSSR count). The first-order chi connectivity index (χ1) is 10.6. The van der Waals surface area contributed by atoms with Crippen LogP contribution in [0.25, 0.3) is 0 Å². The summed E-state index contributed by atoms with van der Waals surface area (Å²) in [4.78, 5) is 14.6. The van der Waals surface area contributed by atoms with Gasteiger partial charge in [-0.2, -0.15) is 0 Å². The van der Waals surface area contributed by atoms with Crippen molar-refractivity contribution >= 4 is 5.91 Å². The second-order valence-corrected chi connectivity index (χ2v) is 6.22. The fourth-order valence-electron chi connectivity index (χ4n) is 2.85. The largest absolute Gasteiger partial charge is 0.497 e. The van der Waals surface area contributed by atoms with Crippen LogP contribution >= 0.6 is 0 Å². The van der Waals surface area contributed by atoms with Gasteiger partial charge in [-0.15, -0.1) is 0 Å². The zero-order valence-electron chi connectivity index (χ0n) is 14.0. The lowest BCUT2D eigenvalue weighted by atomic mass is 9.95. The summed E-state index contributed by atoms with van der Waals surface area (Å²) < 4.78 is 5.27. The molecule has 1 N–H and O–H groups in total. The van der Waals surface area contributed by atoms with Gasteiger partial charge in [0.15, 0.2) is 0 Å². The molecule has 0 unspecified atom stereocenters. The van der Waals surface area contributed by atoms with Crippen molar-refractivity contribution < 1.29 is 9.53 Å². The lowest BCUT2D eigenvalue weighted by Crippen LogP contribution is -2.42. The first-order valence-corrected chi connectivity index (χ1v) is 8.28. The lowest BCUT2D eigenvalue weighted by molar-refractivity contribution is -0.127. The highest BCUT2D eigenvalue weighted by atomic mass is 16.5. The van der Waals surface area contributed by atoms with Crippen LogP contribution < -0.4 is 10.1 Å². The van der Waals surface area contributed by atoms with Gasteiger partial charge in [-0.25, -0.2) is 0 Å². The fourth-order valence-corrected chi connectivity index (χ4v) is 2.85. The summed E-state index contributed by atoms with van der Waals surface area (Å²) in [6.07, 6.45) is 2.89. The normalized spacial score (nSPS) is 18.0. The number of nitrogens with one attached hydrogen (secondary N) is 1. The minimum Gasteiger partial charge on any atom is -0.497 e. The Morgan fingerprint density at radius 1 is 1.41 bits per heavy atom. The van der Waals surface area contributed by atoms with Gasteiger partial charge in [-0.1, -0.05) is 19.1 Å². The molecule has 1 aliphatic heterocycles. The van der Waals surface area contributed by atoms with Gasteiger partial charge in [0.1, 0.15) is 5.75 Å². The number of hydrogen-bond donors (Lipinski definition) is 1. The van der Waals surface area contributed by atoms with Gasteiger partial charge in [0.05, 0.1) is 7.11 Å². The quantitative estimate of drug-likeness (QED) is 0.878. The molecule has 4 heteroatoms. The van der Waals surface area contributed by atoms with Crippen molar-refractivity contribution in [1.82, 2.24) is 10.2 Å². The van der Waals surface area contributed by atoms with E-state index < -0.39 is 0 Å². The van der Waals surface area contributed by atoms with Crippen molar-refractivity contribution in [3.8, 4) is 5.75 Å². The van der Waals surface area contributed by atoms with Gasteiger partial charge in [0.25, 0.3) is 0 Å². The first kappa shape index (κ1) is 16.8. The molecule has 22 heavy (non-hydrogen) atoms. The van der Waals surface area contributed by atoms with E-state index in [1.54, 1.807) is 7.11 Å². The number of ether oxygens (including phenoxy) is 1.